The van der Waals surface area contributed by atoms with E-state index >= 15 is 0 Å². The minimum atomic E-state index is -0.701. The van der Waals surface area contributed by atoms with Gasteiger partial charge in [0.15, 0.2) is 0 Å². The van der Waals surface area contributed by atoms with E-state index in [1.165, 1.54) is 11.3 Å². The van der Waals surface area contributed by atoms with Crippen LogP contribution in [0.1, 0.15) is 31.6 Å². The second kappa shape index (κ2) is 4.30. The SMILES string of the molecule is CC1NC(=O)C(C)(C2CC2)N(Cc2cncs2)C1=O. The maximum atomic E-state index is 12.4. The van der Waals surface area contributed by atoms with Crippen molar-refractivity contribution < 1.29 is 9.59 Å². The number of hydrogen-bond donors (Lipinski definition) is 1. The Morgan fingerprint density at radius 2 is 2.26 bits per heavy atom. The fraction of sp³-hybridized carbons (Fsp3) is 0.615. The maximum absolute atomic E-state index is 12.4. The molecule has 0 radical (unpaired) electrons. The Kier molecular flexibility index (Phi) is 2.85. The van der Waals surface area contributed by atoms with E-state index in [0.717, 1.165) is 17.7 Å². The predicted molar refractivity (Wildman–Crippen MR) is 71.4 cm³/mol. The van der Waals surface area contributed by atoms with Gasteiger partial charge in [-0.25, -0.2) is 0 Å². The van der Waals surface area contributed by atoms with Crippen molar-refractivity contribution in [3.63, 3.8) is 0 Å². The van der Waals surface area contributed by atoms with Crippen molar-refractivity contribution in [1.29, 1.82) is 0 Å². The second-order valence-electron chi connectivity index (χ2n) is 5.51. The van der Waals surface area contributed by atoms with Crippen LogP contribution in [-0.2, 0) is 16.1 Å². The highest BCUT2D eigenvalue weighted by molar-refractivity contribution is 7.09. The van der Waals surface area contributed by atoms with Gasteiger partial charge in [0.1, 0.15) is 11.6 Å². The van der Waals surface area contributed by atoms with Crippen LogP contribution in [0.2, 0.25) is 0 Å². The van der Waals surface area contributed by atoms with Crippen LogP contribution in [0, 0.1) is 5.92 Å². The van der Waals surface area contributed by atoms with Crippen molar-refractivity contribution in [3.05, 3.63) is 16.6 Å². The van der Waals surface area contributed by atoms with E-state index in [1.54, 1.807) is 23.5 Å². The lowest BCUT2D eigenvalue weighted by molar-refractivity contribution is -0.158. The normalized spacial score (nSPS) is 31.5. The van der Waals surface area contributed by atoms with Crippen LogP contribution < -0.4 is 5.32 Å². The number of thiazole rings is 1. The number of amides is 2. The monoisotopic (exact) mass is 279 g/mol. The Morgan fingerprint density at radius 1 is 1.53 bits per heavy atom. The van der Waals surface area contributed by atoms with Crippen LogP contribution in [-0.4, -0.2) is 33.3 Å². The lowest BCUT2D eigenvalue weighted by Gasteiger charge is -2.45. The van der Waals surface area contributed by atoms with Gasteiger partial charge >= 0.3 is 0 Å². The number of hydrogen-bond acceptors (Lipinski definition) is 4. The fourth-order valence-corrected chi connectivity index (χ4v) is 3.34. The van der Waals surface area contributed by atoms with Gasteiger partial charge in [-0.3, -0.25) is 14.6 Å². The number of piperazine rings is 1. The first-order chi connectivity index (χ1) is 9.03. The van der Waals surface area contributed by atoms with Gasteiger partial charge in [0.05, 0.1) is 12.1 Å². The summed E-state index contributed by atoms with van der Waals surface area (Å²) in [6.07, 6.45) is 3.80. The molecular formula is C13H17N3O2S. The molecule has 2 heterocycles. The molecule has 0 bridgehead atoms. The topological polar surface area (TPSA) is 62.3 Å². The molecule has 1 saturated heterocycles. The average molecular weight is 279 g/mol. The smallest absolute Gasteiger partial charge is 0.246 e. The van der Waals surface area contributed by atoms with E-state index in [-0.39, 0.29) is 17.7 Å². The molecule has 3 rings (SSSR count). The summed E-state index contributed by atoms with van der Waals surface area (Å²) in [5.74, 6) is 0.269. The standard InChI is InChI=1S/C13H17N3O2S/c1-8-11(17)16(6-10-5-14-7-19-10)13(2,9-3-4-9)12(18)15-8/h5,7-9H,3-4,6H2,1-2H3,(H,15,18). The summed E-state index contributed by atoms with van der Waals surface area (Å²) in [6.45, 7) is 4.12. The van der Waals surface area contributed by atoms with E-state index in [1.807, 2.05) is 6.92 Å². The summed E-state index contributed by atoms with van der Waals surface area (Å²) in [6, 6.07) is -0.438. The molecule has 1 aliphatic heterocycles. The van der Waals surface area contributed by atoms with E-state index in [9.17, 15) is 9.59 Å². The number of nitrogens with one attached hydrogen (secondary N) is 1. The minimum absolute atomic E-state index is 0.00222. The predicted octanol–water partition coefficient (Wildman–Crippen LogP) is 1.16. The van der Waals surface area contributed by atoms with Crippen LogP contribution in [0.5, 0.6) is 0 Å². The lowest BCUT2D eigenvalue weighted by atomic mass is 9.88. The van der Waals surface area contributed by atoms with Gasteiger partial charge in [0.2, 0.25) is 11.8 Å². The van der Waals surface area contributed by atoms with Crippen LogP contribution >= 0.6 is 11.3 Å². The molecular weight excluding hydrogens is 262 g/mol. The molecule has 5 nitrogen and oxygen atoms in total. The Morgan fingerprint density at radius 3 is 2.84 bits per heavy atom. The van der Waals surface area contributed by atoms with Crippen molar-refractivity contribution in [3.8, 4) is 0 Å². The molecule has 1 aliphatic carbocycles. The zero-order chi connectivity index (χ0) is 13.6. The molecule has 2 unspecified atom stereocenters. The molecule has 1 saturated carbocycles. The summed E-state index contributed by atoms with van der Waals surface area (Å²) >= 11 is 1.52. The Hall–Kier alpha value is -1.43. The van der Waals surface area contributed by atoms with Crippen LogP contribution in [0.15, 0.2) is 11.7 Å². The van der Waals surface area contributed by atoms with Crippen molar-refractivity contribution in [2.45, 2.75) is 44.8 Å². The summed E-state index contributed by atoms with van der Waals surface area (Å²) in [5.41, 5.74) is 1.05. The number of nitrogens with zero attached hydrogens (tertiary/aromatic N) is 2. The van der Waals surface area contributed by atoms with Gasteiger partial charge in [0.25, 0.3) is 0 Å². The van der Waals surface area contributed by atoms with E-state index in [2.05, 4.69) is 10.3 Å². The zero-order valence-corrected chi connectivity index (χ0v) is 11.9. The molecule has 0 spiro atoms. The number of rotatable bonds is 3. The van der Waals surface area contributed by atoms with E-state index in [4.69, 9.17) is 0 Å². The number of aromatic nitrogens is 1. The zero-order valence-electron chi connectivity index (χ0n) is 11.0. The molecule has 6 heteroatoms. The Bertz CT molecular complexity index is 512. The first kappa shape index (κ1) is 12.6. The largest absolute Gasteiger partial charge is 0.343 e. The second-order valence-corrected chi connectivity index (χ2v) is 6.48. The maximum Gasteiger partial charge on any atom is 0.246 e. The van der Waals surface area contributed by atoms with Crippen molar-refractivity contribution in [2.24, 2.45) is 5.92 Å². The van der Waals surface area contributed by atoms with Crippen LogP contribution in [0.3, 0.4) is 0 Å². The van der Waals surface area contributed by atoms with Gasteiger partial charge in [-0.1, -0.05) is 0 Å². The molecule has 1 aromatic rings. The van der Waals surface area contributed by atoms with Crippen molar-refractivity contribution in [2.75, 3.05) is 0 Å². The van der Waals surface area contributed by atoms with Gasteiger partial charge in [0, 0.05) is 11.1 Å². The molecule has 19 heavy (non-hydrogen) atoms. The summed E-state index contributed by atoms with van der Waals surface area (Å²) in [7, 11) is 0. The van der Waals surface area contributed by atoms with Crippen LogP contribution in [0.25, 0.3) is 0 Å². The Balaban J connectivity index is 1.94. The third-order valence-electron chi connectivity index (χ3n) is 4.17. The molecule has 102 valence electrons. The quantitative estimate of drug-likeness (QED) is 0.903. The number of carbonyl (C=O) groups excluding carboxylic acids is 2. The third kappa shape index (κ3) is 1.94. The van der Waals surface area contributed by atoms with Gasteiger partial charge in [-0.15, -0.1) is 11.3 Å². The highest BCUT2D eigenvalue weighted by atomic mass is 32.1. The summed E-state index contributed by atoms with van der Waals surface area (Å²) < 4.78 is 0. The molecule has 1 aromatic heterocycles. The van der Waals surface area contributed by atoms with E-state index in [0.29, 0.717) is 6.54 Å². The molecule has 2 amide bonds. The first-order valence-electron chi connectivity index (χ1n) is 6.53. The molecule has 0 aromatic carbocycles. The molecule has 2 fully saturated rings. The first-order valence-corrected chi connectivity index (χ1v) is 7.41. The van der Waals surface area contributed by atoms with Gasteiger partial charge in [-0.2, -0.15) is 0 Å². The van der Waals surface area contributed by atoms with Crippen molar-refractivity contribution >= 4 is 23.2 Å². The van der Waals surface area contributed by atoms with Crippen molar-refractivity contribution in [1.82, 2.24) is 15.2 Å². The van der Waals surface area contributed by atoms with Gasteiger partial charge in [-0.05, 0) is 32.6 Å². The van der Waals surface area contributed by atoms with E-state index < -0.39 is 11.6 Å². The number of carbonyl (C=O) groups is 2. The summed E-state index contributed by atoms with van der Waals surface area (Å²) in [5, 5.41) is 2.81. The average Bonchev–Trinajstić information content (AvgIpc) is 3.11. The molecule has 1 N–H and O–H groups in total. The fourth-order valence-electron chi connectivity index (χ4n) is 2.76. The third-order valence-corrected chi connectivity index (χ3v) is 4.94. The highest BCUT2D eigenvalue weighted by Crippen LogP contribution is 2.45. The minimum Gasteiger partial charge on any atom is -0.343 e. The highest BCUT2D eigenvalue weighted by Gasteiger charge is 2.56. The van der Waals surface area contributed by atoms with Gasteiger partial charge < -0.3 is 10.2 Å². The van der Waals surface area contributed by atoms with Crippen LogP contribution in [0.4, 0.5) is 0 Å². The summed E-state index contributed by atoms with van der Waals surface area (Å²) in [4.78, 5) is 31.6. The lowest BCUT2D eigenvalue weighted by Crippen LogP contribution is -2.69. The Labute approximate surface area is 116 Å². The molecule has 2 aliphatic rings. The molecule has 2 atom stereocenters.